The predicted octanol–water partition coefficient (Wildman–Crippen LogP) is 2.03. The number of halogens is 1. The molecule has 1 rings (SSSR count). The number of aromatic hydroxyl groups is 1. The van der Waals surface area contributed by atoms with E-state index in [-0.39, 0.29) is 5.75 Å². The van der Waals surface area contributed by atoms with E-state index in [4.69, 9.17) is 6.42 Å². The second kappa shape index (κ2) is 4.33. The molecule has 0 saturated heterocycles. The van der Waals surface area contributed by atoms with Crippen LogP contribution in [-0.2, 0) is 6.54 Å². The SMILES string of the molecule is C#CC(C)(C)NCc1cc(O)cc(F)c1. The first kappa shape index (κ1) is 11.5. The summed E-state index contributed by atoms with van der Waals surface area (Å²) >= 11 is 0. The highest BCUT2D eigenvalue weighted by molar-refractivity contribution is 5.28. The lowest BCUT2D eigenvalue weighted by molar-refractivity contribution is 0.462. The highest BCUT2D eigenvalue weighted by atomic mass is 19.1. The number of phenolic OH excluding ortho intramolecular Hbond substituents is 1. The molecule has 0 saturated carbocycles. The number of terminal acetylenes is 1. The van der Waals surface area contributed by atoms with Crippen molar-refractivity contribution >= 4 is 0 Å². The van der Waals surface area contributed by atoms with Gasteiger partial charge < -0.3 is 5.11 Å². The Balaban J connectivity index is 2.71. The summed E-state index contributed by atoms with van der Waals surface area (Å²) in [5.41, 5.74) is 0.220. The van der Waals surface area contributed by atoms with Crippen LogP contribution in [0.1, 0.15) is 19.4 Å². The number of hydrogen-bond donors (Lipinski definition) is 2. The Labute approximate surface area is 89.1 Å². The third-order valence-electron chi connectivity index (χ3n) is 2.04. The topological polar surface area (TPSA) is 32.3 Å². The zero-order valence-electron chi connectivity index (χ0n) is 8.84. The van der Waals surface area contributed by atoms with Crippen molar-refractivity contribution in [3.8, 4) is 18.1 Å². The molecule has 0 spiro atoms. The Morgan fingerprint density at radius 1 is 1.47 bits per heavy atom. The summed E-state index contributed by atoms with van der Waals surface area (Å²) < 4.78 is 12.9. The van der Waals surface area contributed by atoms with Gasteiger partial charge in [0.05, 0.1) is 5.54 Å². The summed E-state index contributed by atoms with van der Waals surface area (Å²) in [6, 6.07) is 3.93. The zero-order chi connectivity index (χ0) is 11.5. The van der Waals surface area contributed by atoms with Crippen LogP contribution in [0.25, 0.3) is 0 Å². The molecule has 0 heterocycles. The van der Waals surface area contributed by atoms with Gasteiger partial charge in [0.1, 0.15) is 11.6 Å². The highest BCUT2D eigenvalue weighted by Crippen LogP contribution is 2.15. The Bertz CT molecular complexity index is 373. The van der Waals surface area contributed by atoms with Crippen molar-refractivity contribution in [3.05, 3.63) is 29.6 Å². The lowest BCUT2D eigenvalue weighted by Crippen LogP contribution is -2.36. The van der Waals surface area contributed by atoms with Gasteiger partial charge in [-0.15, -0.1) is 6.42 Å². The fraction of sp³-hybridized carbons (Fsp3) is 0.333. The number of nitrogens with one attached hydrogen (secondary N) is 1. The molecule has 0 fully saturated rings. The van der Waals surface area contributed by atoms with E-state index < -0.39 is 11.4 Å². The van der Waals surface area contributed by atoms with E-state index in [1.54, 1.807) is 0 Å². The molecule has 0 aliphatic heterocycles. The molecular formula is C12H14FNO. The third kappa shape index (κ3) is 3.61. The first-order chi connectivity index (χ1) is 6.93. The van der Waals surface area contributed by atoms with E-state index in [0.29, 0.717) is 12.1 Å². The van der Waals surface area contributed by atoms with E-state index in [1.165, 1.54) is 12.1 Å². The van der Waals surface area contributed by atoms with E-state index >= 15 is 0 Å². The summed E-state index contributed by atoms with van der Waals surface area (Å²) in [7, 11) is 0. The van der Waals surface area contributed by atoms with Gasteiger partial charge in [0.25, 0.3) is 0 Å². The predicted molar refractivity (Wildman–Crippen MR) is 57.8 cm³/mol. The molecule has 1 aromatic carbocycles. The summed E-state index contributed by atoms with van der Waals surface area (Å²) in [6.07, 6.45) is 5.29. The molecule has 2 N–H and O–H groups in total. The van der Waals surface area contributed by atoms with Crippen molar-refractivity contribution in [2.45, 2.75) is 25.9 Å². The molecule has 80 valence electrons. The second-order valence-corrected chi connectivity index (χ2v) is 3.94. The van der Waals surface area contributed by atoms with Crippen LogP contribution in [0.15, 0.2) is 18.2 Å². The van der Waals surface area contributed by atoms with E-state index in [0.717, 1.165) is 6.07 Å². The molecule has 0 unspecified atom stereocenters. The maximum atomic E-state index is 12.9. The van der Waals surface area contributed by atoms with Gasteiger partial charge in [-0.2, -0.15) is 0 Å². The fourth-order valence-corrected chi connectivity index (χ4v) is 1.11. The summed E-state index contributed by atoms with van der Waals surface area (Å²) in [6.45, 7) is 4.13. The molecular weight excluding hydrogens is 193 g/mol. The average molecular weight is 207 g/mol. The smallest absolute Gasteiger partial charge is 0.127 e. The number of phenols is 1. The quantitative estimate of drug-likeness (QED) is 0.743. The minimum absolute atomic E-state index is 0.0784. The summed E-state index contributed by atoms with van der Waals surface area (Å²) in [4.78, 5) is 0. The molecule has 0 amide bonds. The number of hydrogen-bond acceptors (Lipinski definition) is 2. The van der Waals surface area contributed by atoms with Crippen LogP contribution in [0.5, 0.6) is 5.75 Å². The fourth-order valence-electron chi connectivity index (χ4n) is 1.11. The van der Waals surface area contributed by atoms with Crippen molar-refractivity contribution in [2.24, 2.45) is 0 Å². The van der Waals surface area contributed by atoms with Crippen LogP contribution in [0.2, 0.25) is 0 Å². The van der Waals surface area contributed by atoms with Crippen LogP contribution in [-0.4, -0.2) is 10.6 Å². The summed E-state index contributed by atoms with van der Waals surface area (Å²) in [5, 5.41) is 12.2. The van der Waals surface area contributed by atoms with Gasteiger partial charge in [-0.25, -0.2) is 4.39 Å². The first-order valence-electron chi connectivity index (χ1n) is 4.64. The molecule has 0 atom stereocenters. The third-order valence-corrected chi connectivity index (χ3v) is 2.04. The van der Waals surface area contributed by atoms with Crippen LogP contribution in [0, 0.1) is 18.2 Å². The lowest BCUT2D eigenvalue weighted by Gasteiger charge is -2.19. The van der Waals surface area contributed by atoms with Gasteiger partial charge in [-0.05, 0) is 31.5 Å². The van der Waals surface area contributed by atoms with Gasteiger partial charge in [0.2, 0.25) is 0 Å². The number of benzene rings is 1. The molecule has 0 bridgehead atoms. The monoisotopic (exact) mass is 207 g/mol. The number of rotatable bonds is 3. The largest absolute Gasteiger partial charge is 0.508 e. The molecule has 0 radical (unpaired) electrons. The molecule has 3 heteroatoms. The van der Waals surface area contributed by atoms with Crippen molar-refractivity contribution < 1.29 is 9.50 Å². The Kier molecular flexibility index (Phi) is 3.33. The minimum Gasteiger partial charge on any atom is -0.508 e. The Hall–Kier alpha value is -1.53. The van der Waals surface area contributed by atoms with Gasteiger partial charge in [-0.3, -0.25) is 5.32 Å². The van der Waals surface area contributed by atoms with Crippen molar-refractivity contribution in [2.75, 3.05) is 0 Å². The summed E-state index contributed by atoms with van der Waals surface area (Å²) in [5.74, 6) is 2.04. The van der Waals surface area contributed by atoms with E-state index in [2.05, 4.69) is 11.2 Å². The molecule has 0 aromatic heterocycles. The molecule has 0 aliphatic rings. The normalized spacial score (nSPS) is 11.1. The van der Waals surface area contributed by atoms with Crippen molar-refractivity contribution in [1.29, 1.82) is 0 Å². The van der Waals surface area contributed by atoms with Crippen molar-refractivity contribution in [1.82, 2.24) is 5.32 Å². The van der Waals surface area contributed by atoms with E-state index in [9.17, 15) is 9.50 Å². The van der Waals surface area contributed by atoms with Gasteiger partial charge in [0, 0.05) is 12.6 Å². The average Bonchev–Trinajstić information content (AvgIpc) is 2.14. The maximum Gasteiger partial charge on any atom is 0.127 e. The van der Waals surface area contributed by atoms with E-state index in [1.807, 2.05) is 13.8 Å². The van der Waals surface area contributed by atoms with Gasteiger partial charge >= 0.3 is 0 Å². The van der Waals surface area contributed by atoms with Gasteiger partial charge in [-0.1, -0.05) is 5.92 Å². The zero-order valence-corrected chi connectivity index (χ0v) is 8.84. The first-order valence-corrected chi connectivity index (χ1v) is 4.64. The van der Waals surface area contributed by atoms with Crippen LogP contribution < -0.4 is 5.32 Å². The standard InChI is InChI=1S/C12H14FNO/c1-4-12(2,3)14-8-9-5-10(13)7-11(15)6-9/h1,5-7,14-15H,8H2,2-3H3. The maximum absolute atomic E-state index is 12.9. The highest BCUT2D eigenvalue weighted by Gasteiger charge is 2.12. The van der Waals surface area contributed by atoms with Crippen molar-refractivity contribution in [3.63, 3.8) is 0 Å². The Morgan fingerprint density at radius 3 is 2.67 bits per heavy atom. The Morgan fingerprint density at radius 2 is 2.13 bits per heavy atom. The van der Waals surface area contributed by atoms with Crippen LogP contribution in [0.3, 0.4) is 0 Å². The lowest BCUT2D eigenvalue weighted by atomic mass is 10.1. The van der Waals surface area contributed by atoms with Gasteiger partial charge in [0.15, 0.2) is 0 Å². The van der Waals surface area contributed by atoms with Crippen LogP contribution in [0.4, 0.5) is 4.39 Å². The molecule has 0 aliphatic carbocycles. The molecule has 2 nitrogen and oxygen atoms in total. The minimum atomic E-state index is -0.453. The molecule has 1 aromatic rings. The molecule has 15 heavy (non-hydrogen) atoms. The van der Waals surface area contributed by atoms with Crippen LogP contribution >= 0.6 is 0 Å². The second-order valence-electron chi connectivity index (χ2n) is 3.94.